The van der Waals surface area contributed by atoms with Crippen molar-refractivity contribution >= 4 is 44.9 Å². The average Bonchev–Trinajstić information content (AvgIpc) is 2.34. The van der Waals surface area contributed by atoms with Gasteiger partial charge in [-0.05, 0) is 35.0 Å². The van der Waals surface area contributed by atoms with E-state index in [2.05, 4.69) is 31.2 Å². The lowest BCUT2D eigenvalue weighted by molar-refractivity contribution is 0.101. The number of carbonyl (C=O) groups excluding carboxylic acids is 1. The molecule has 0 bridgehead atoms. The first-order valence-corrected chi connectivity index (χ1v) is 6.29. The Morgan fingerprint density at radius 3 is 2.89 bits per heavy atom. The van der Waals surface area contributed by atoms with Crippen molar-refractivity contribution < 1.29 is 4.79 Å². The molecule has 1 aromatic heterocycles. The van der Waals surface area contributed by atoms with E-state index in [-0.39, 0.29) is 5.78 Å². The normalized spacial score (nSPS) is 10.2. The summed E-state index contributed by atoms with van der Waals surface area (Å²) in [5.41, 5.74) is 1.37. The topological polar surface area (TPSA) is 54.9 Å². The van der Waals surface area contributed by atoms with Gasteiger partial charge in [0.05, 0.1) is 4.47 Å². The van der Waals surface area contributed by atoms with Crippen LogP contribution in [0.15, 0.2) is 34.9 Å². The van der Waals surface area contributed by atoms with Crippen LogP contribution in [0.3, 0.4) is 0 Å². The predicted octanol–water partition coefficient (Wildman–Crippen LogP) is 3.84. The first kappa shape index (κ1) is 13.0. The molecule has 0 aliphatic carbocycles. The van der Waals surface area contributed by atoms with Gasteiger partial charge < -0.3 is 5.32 Å². The Morgan fingerprint density at radius 1 is 1.44 bits per heavy atom. The van der Waals surface area contributed by atoms with E-state index in [0.29, 0.717) is 21.1 Å². The largest absolute Gasteiger partial charge is 0.324 e. The maximum Gasteiger partial charge on any atom is 0.228 e. The molecule has 0 saturated heterocycles. The van der Waals surface area contributed by atoms with Crippen molar-refractivity contribution in [3.63, 3.8) is 0 Å². The van der Waals surface area contributed by atoms with Crippen LogP contribution in [0.4, 0.5) is 11.6 Å². The number of rotatable bonds is 3. The molecule has 0 fully saturated rings. The molecule has 2 rings (SSSR count). The summed E-state index contributed by atoms with van der Waals surface area (Å²) in [4.78, 5) is 19.4. The molecule has 0 aliphatic heterocycles. The van der Waals surface area contributed by atoms with Gasteiger partial charge in [-0.1, -0.05) is 23.7 Å². The summed E-state index contributed by atoms with van der Waals surface area (Å²) in [6.45, 7) is 1.52. The van der Waals surface area contributed by atoms with Gasteiger partial charge in [-0.2, -0.15) is 4.98 Å². The highest BCUT2D eigenvalue weighted by Gasteiger charge is 2.04. The summed E-state index contributed by atoms with van der Waals surface area (Å²) in [5.74, 6) is 0.386. The Kier molecular flexibility index (Phi) is 3.93. The molecular weight excluding hydrogens is 318 g/mol. The van der Waals surface area contributed by atoms with E-state index in [0.717, 1.165) is 5.69 Å². The molecule has 18 heavy (non-hydrogen) atoms. The van der Waals surface area contributed by atoms with E-state index in [9.17, 15) is 4.79 Å². The Bertz CT molecular complexity index is 604. The molecule has 0 unspecified atom stereocenters. The Balaban J connectivity index is 2.25. The lowest BCUT2D eigenvalue weighted by Gasteiger charge is -2.06. The number of nitrogens with one attached hydrogen (secondary N) is 1. The molecule has 0 amide bonds. The van der Waals surface area contributed by atoms with Gasteiger partial charge in [0.2, 0.25) is 5.95 Å². The number of halogens is 2. The molecule has 1 heterocycles. The van der Waals surface area contributed by atoms with Crippen LogP contribution in [0.25, 0.3) is 0 Å². The molecular formula is C12H9BrClN3O. The van der Waals surface area contributed by atoms with Gasteiger partial charge in [0, 0.05) is 17.4 Å². The van der Waals surface area contributed by atoms with E-state index >= 15 is 0 Å². The van der Waals surface area contributed by atoms with E-state index < -0.39 is 0 Å². The molecule has 92 valence electrons. The maximum atomic E-state index is 11.3. The minimum atomic E-state index is 0.00778. The van der Waals surface area contributed by atoms with Gasteiger partial charge in [-0.15, -0.1) is 0 Å². The van der Waals surface area contributed by atoms with Crippen LogP contribution in [0, 0.1) is 0 Å². The highest BCUT2D eigenvalue weighted by atomic mass is 79.9. The maximum absolute atomic E-state index is 11.3. The number of hydrogen-bond acceptors (Lipinski definition) is 4. The van der Waals surface area contributed by atoms with Crippen molar-refractivity contribution in [2.45, 2.75) is 6.92 Å². The van der Waals surface area contributed by atoms with Gasteiger partial charge in [0.15, 0.2) is 5.78 Å². The number of anilines is 2. The van der Waals surface area contributed by atoms with Gasteiger partial charge in [-0.3, -0.25) is 4.79 Å². The summed E-state index contributed by atoms with van der Waals surface area (Å²) in [6.07, 6.45) is 1.56. The van der Waals surface area contributed by atoms with Crippen LogP contribution in [0.2, 0.25) is 5.15 Å². The van der Waals surface area contributed by atoms with E-state index in [4.69, 9.17) is 11.6 Å². The third-order valence-corrected chi connectivity index (χ3v) is 3.32. The molecule has 0 saturated carbocycles. The van der Waals surface area contributed by atoms with Gasteiger partial charge in [-0.25, -0.2) is 4.98 Å². The zero-order valence-electron chi connectivity index (χ0n) is 9.45. The zero-order chi connectivity index (χ0) is 13.1. The van der Waals surface area contributed by atoms with Gasteiger partial charge in [0.1, 0.15) is 5.15 Å². The highest BCUT2D eigenvalue weighted by molar-refractivity contribution is 9.10. The van der Waals surface area contributed by atoms with Crippen LogP contribution in [-0.2, 0) is 0 Å². The number of Topliss-reactive ketones (excluding diaryl/α,β-unsaturated/α-hetero) is 1. The van der Waals surface area contributed by atoms with Crippen LogP contribution in [0.5, 0.6) is 0 Å². The monoisotopic (exact) mass is 325 g/mol. The molecule has 6 heteroatoms. The Morgan fingerprint density at radius 2 is 2.22 bits per heavy atom. The second-order valence-electron chi connectivity index (χ2n) is 3.59. The van der Waals surface area contributed by atoms with Crippen LogP contribution >= 0.6 is 27.5 Å². The Labute approximate surface area is 118 Å². The molecule has 0 radical (unpaired) electrons. The number of ketones is 1. The van der Waals surface area contributed by atoms with E-state index in [1.807, 2.05) is 6.07 Å². The lowest BCUT2D eigenvalue weighted by Crippen LogP contribution is -1.99. The van der Waals surface area contributed by atoms with Gasteiger partial charge in [0.25, 0.3) is 0 Å². The number of hydrogen-bond donors (Lipinski definition) is 1. The van der Waals surface area contributed by atoms with Crippen LogP contribution in [0.1, 0.15) is 17.3 Å². The van der Waals surface area contributed by atoms with E-state index in [1.54, 1.807) is 24.4 Å². The minimum Gasteiger partial charge on any atom is -0.324 e. The molecule has 0 aliphatic rings. The average molecular weight is 327 g/mol. The fraction of sp³-hybridized carbons (Fsp3) is 0.0833. The summed E-state index contributed by atoms with van der Waals surface area (Å²) >= 11 is 9.09. The van der Waals surface area contributed by atoms with Crippen molar-refractivity contribution in [2.75, 3.05) is 5.32 Å². The number of nitrogens with zero attached hydrogens (tertiary/aromatic N) is 2. The second kappa shape index (κ2) is 5.46. The predicted molar refractivity (Wildman–Crippen MR) is 74.5 cm³/mol. The van der Waals surface area contributed by atoms with Crippen molar-refractivity contribution in [3.05, 3.63) is 45.7 Å². The van der Waals surface area contributed by atoms with E-state index in [1.165, 1.54) is 6.92 Å². The fourth-order valence-corrected chi connectivity index (χ4v) is 1.67. The number of benzene rings is 1. The third-order valence-electron chi connectivity index (χ3n) is 2.23. The smallest absolute Gasteiger partial charge is 0.228 e. The van der Waals surface area contributed by atoms with Gasteiger partial charge >= 0.3 is 0 Å². The highest BCUT2D eigenvalue weighted by Crippen LogP contribution is 2.21. The standard InChI is InChI=1S/C12H9BrClN3O/c1-7(18)8-3-2-4-9(5-8)16-12-15-6-10(13)11(14)17-12/h2-6H,1H3,(H,15,16,17). The van der Waals surface area contributed by atoms with Crippen molar-refractivity contribution in [1.29, 1.82) is 0 Å². The third kappa shape index (κ3) is 3.05. The summed E-state index contributed by atoms with van der Waals surface area (Å²) in [7, 11) is 0. The second-order valence-corrected chi connectivity index (χ2v) is 4.81. The molecule has 1 N–H and O–H groups in total. The van der Waals surface area contributed by atoms with Crippen LogP contribution < -0.4 is 5.32 Å². The summed E-state index contributed by atoms with van der Waals surface area (Å²) in [6, 6.07) is 7.11. The Hall–Kier alpha value is -1.46. The molecule has 2 aromatic rings. The minimum absolute atomic E-state index is 0.00778. The van der Waals surface area contributed by atoms with Crippen molar-refractivity contribution in [3.8, 4) is 0 Å². The SMILES string of the molecule is CC(=O)c1cccc(Nc2ncc(Br)c(Cl)n2)c1. The summed E-state index contributed by atoms with van der Waals surface area (Å²) < 4.78 is 0.632. The molecule has 0 atom stereocenters. The van der Waals surface area contributed by atoms with Crippen LogP contribution in [-0.4, -0.2) is 15.8 Å². The zero-order valence-corrected chi connectivity index (χ0v) is 11.8. The quantitative estimate of drug-likeness (QED) is 0.688. The van der Waals surface area contributed by atoms with Crippen molar-refractivity contribution in [2.24, 2.45) is 0 Å². The van der Waals surface area contributed by atoms with Crippen molar-refractivity contribution in [1.82, 2.24) is 9.97 Å². The number of carbonyl (C=O) groups is 1. The number of aromatic nitrogens is 2. The first-order valence-electron chi connectivity index (χ1n) is 5.12. The molecule has 4 nitrogen and oxygen atoms in total. The lowest BCUT2D eigenvalue weighted by atomic mass is 10.1. The summed E-state index contributed by atoms with van der Waals surface area (Å²) in [5, 5.41) is 3.32. The first-order chi connectivity index (χ1) is 8.56. The molecule has 0 spiro atoms. The fourth-order valence-electron chi connectivity index (χ4n) is 1.35. The molecule has 1 aromatic carbocycles.